The van der Waals surface area contributed by atoms with Crippen molar-refractivity contribution in [3.63, 3.8) is 0 Å². The molecule has 0 radical (unpaired) electrons. The summed E-state index contributed by atoms with van der Waals surface area (Å²) in [6.07, 6.45) is 3.12. The van der Waals surface area contributed by atoms with Crippen molar-refractivity contribution in [3.8, 4) is 5.75 Å². The van der Waals surface area contributed by atoms with Crippen LogP contribution in [-0.2, 0) is 0 Å². The van der Waals surface area contributed by atoms with Crippen molar-refractivity contribution in [2.75, 3.05) is 11.9 Å². The summed E-state index contributed by atoms with van der Waals surface area (Å²) < 4.78 is 5.35. The Labute approximate surface area is 135 Å². The molecule has 2 rings (SSSR count). The Bertz CT molecular complexity index is 678. The molecular formula is C18H18ClNO2. The number of allylic oxidation sites excluding steroid dienone is 1. The van der Waals surface area contributed by atoms with Crippen LogP contribution in [0.25, 0.3) is 0 Å². The number of anilines is 1. The molecule has 0 aliphatic rings. The first-order chi connectivity index (χ1) is 10.6. The van der Waals surface area contributed by atoms with Crippen molar-refractivity contribution in [1.29, 1.82) is 0 Å². The van der Waals surface area contributed by atoms with Gasteiger partial charge in [-0.05, 0) is 55.8 Å². The van der Waals surface area contributed by atoms with Gasteiger partial charge in [0.15, 0.2) is 5.78 Å². The second-order valence-corrected chi connectivity index (χ2v) is 5.19. The lowest BCUT2D eigenvalue weighted by atomic mass is 10.1. The molecule has 0 atom stereocenters. The third-order valence-electron chi connectivity index (χ3n) is 3.12. The van der Waals surface area contributed by atoms with Crippen LogP contribution in [0.15, 0.2) is 54.7 Å². The molecule has 2 aromatic rings. The van der Waals surface area contributed by atoms with Gasteiger partial charge in [0.25, 0.3) is 0 Å². The molecule has 4 heteroatoms. The summed E-state index contributed by atoms with van der Waals surface area (Å²) in [4.78, 5) is 12.1. The van der Waals surface area contributed by atoms with Crippen LogP contribution in [0.2, 0.25) is 5.02 Å². The molecule has 0 aromatic heterocycles. The number of ketones is 1. The van der Waals surface area contributed by atoms with Gasteiger partial charge in [-0.25, -0.2) is 0 Å². The van der Waals surface area contributed by atoms with E-state index in [0.717, 1.165) is 17.0 Å². The van der Waals surface area contributed by atoms with E-state index in [1.807, 2.05) is 32.0 Å². The lowest BCUT2D eigenvalue weighted by molar-refractivity contribution is 0.104. The number of carbonyl (C=O) groups is 1. The predicted molar refractivity (Wildman–Crippen MR) is 90.9 cm³/mol. The molecular weight excluding hydrogens is 298 g/mol. The summed E-state index contributed by atoms with van der Waals surface area (Å²) in [5.74, 6) is 0.686. The van der Waals surface area contributed by atoms with Crippen LogP contribution in [0.4, 0.5) is 5.69 Å². The van der Waals surface area contributed by atoms with E-state index in [9.17, 15) is 4.79 Å². The lowest BCUT2D eigenvalue weighted by Gasteiger charge is -2.05. The first-order valence-corrected chi connectivity index (χ1v) is 7.44. The van der Waals surface area contributed by atoms with Crippen molar-refractivity contribution in [3.05, 3.63) is 70.9 Å². The first kappa shape index (κ1) is 16.1. The molecule has 0 bridgehead atoms. The minimum absolute atomic E-state index is 0.0739. The zero-order valence-corrected chi connectivity index (χ0v) is 13.4. The van der Waals surface area contributed by atoms with Gasteiger partial charge in [0, 0.05) is 28.5 Å². The van der Waals surface area contributed by atoms with E-state index >= 15 is 0 Å². The van der Waals surface area contributed by atoms with E-state index in [0.29, 0.717) is 17.2 Å². The molecule has 0 aliphatic carbocycles. The maximum Gasteiger partial charge on any atom is 0.187 e. The average molecular weight is 316 g/mol. The van der Waals surface area contributed by atoms with Gasteiger partial charge in [0.2, 0.25) is 0 Å². The van der Waals surface area contributed by atoms with Crippen LogP contribution < -0.4 is 10.1 Å². The topological polar surface area (TPSA) is 38.3 Å². The highest BCUT2D eigenvalue weighted by Crippen LogP contribution is 2.20. The molecule has 0 aliphatic heterocycles. The number of carbonyl (C=O) groups excluding carboxylic acids is 1. The number of ether oxygens (including phenoxy) is 1. The van der Waals surface area contributed by atoms with Gasteiger partial charge in [-0.15, -0.1) is 0 Å². The molecule has 0 saturated heterocycles. The van der Waals surface area contributed by atoms with Crippen LogP contribution in [0, 0.1) is 6.92 Å². The summed E-state index contributed by atoms with van der Waals surface area (Å²) in [6, 6.07) is 12.7. The standard InChI is InChI=1S/C18H18ClNO2/c1-3-22-16-8-5-14(6-9-16)18(21)10-11-20-17-12-15(19)7-4-13(17)2/h4-12,20H,3H2,1-2H3/b11-10+. The van der Waals surface area contributed by atoms with Crippen LogP contribution in [0.5, 0.6) is 5.75 Å². The number of aryl methyl sites for hydroxylation is 1. The lowest BCUT2D eigenvalue weighted by Crippen LogP contribution is -1.98. The van der Waals surface area contributed by atoms with E-state index < -0.39 is 0 Å². The molecule has 0 saturated carbocycles. The van der Waals surface area contributed by atoms with Crippen LogP contribution in [0.1, 0.15) is 22.8 Å². The van der Waals surface area contributed by atoms with Crippen molar-refractivity contribution < 1.29 is 9.53 Å². The molecule has 2 aromatic carbocycles. The molecule has 22 heavy (non-hydrogen) atoms. The Morgan fingerprint density at radius 1 is 1.23 bits per heavy atom. The second kappa shape index (κ2) is 7.66. The van der Waals surface area contributed by atoms with Crippen LogP contribution >= 0.6 is 11.6 Å². The average Bonchev–Trinajstić information content (AvgIpc) is 2.51. The van der Waals surface area contributed by atoms with Crippen molar-refractivity contribution in [2.24, 2.45) is 0 Å². The van der Waals surface area contributed by atoms with E-state index in [4.69, 9.17) is 16.3 Å². The highest BCUT2D eigenvalue weighted by Gasteiger charge is 2.02. The molecule has 0 heterocycles. The maximum atomic E-state index is 12.1. The molecule has 0 spiro atoms. The Hall–Kier alpha value is -2.26. The fraction of sp³-hybridized carbons (Fsp3) is 0.167. The first-order valence-electron chi connectivity index (χ1n) is 7.06. The normalized spacial score (nSPS) is 10.7. The maximum absolute atomic E-state index is 12.1. The van der Waals surface area contributed by atoms with Crippen LogP contribution in [-0.4, -0.2) is 12.4 Å². The Morgan fingerprint density at radius 3 is 2.64 bits per heavy atom. The summed E-state index contributed by atoms with van der Waals surface area (Å²) in [6.45, 7) is 4.50. The quantitative estimate of drug-likeness (QED) is 0.611. The predicted octanol–water partition coefficient (Wildman–Crippen LogP) is 4.86. The van der Waals surface area contributed by atoms with Crippen LogP contribution in [0.3, 0.4) is 0 Å². The van der Waals surface area contributed by atoms with Gasteiger partial charge in [-0.1, -0.05) is 17.7 Å². The molecule has 0 unspecified atom stereocenters. The third-order valence-corrected chi connectivity index (χ3v) is 3.36. The van der Waals surface area contributed by atoms with Crippen molar-refractivity contribution >= 4 is 23.1 Å². The summed E-state index contributed by atoms with van der Waals surface area (Å²) >= 11 is 5.95. The summed E-state index contributed by atoms with van der Waals surface area (Å²) in [5, 5.41) is 3.73. The van der Waals surface area contributed by atoms with Crippen molar-refractivity contribution in [1.82, 2.24) is 0 Å². The van der Waals surface area contributed by atoms with Gasteiger partial charge < -0.3 is 10.1 Å². The number of hydrogen-bond donors (Lipinski definition) is 1. The molecule has 0 fully saturated rings. The van der Waals surface area contributed by atoms with Gasteiger partial charge in [0.1, 0.15) is 5.75 Å². The van der Waals surface area contributed by atoms with Gasteiger partial charge in [0.05, 0.1) is 6.61 Å². The van der Waals surface area contributed by atoms with E-state index in [1.54, 1.807) is 30.5 Å². The number of nitrogens with one attached hydrogen (secondary N) is 1. The minimum Gasteiger partial charge on any atom is -0.494 e. The molecule has 1 N–H and O–H groups in total. The highest BCUT2D eigenvalue weighted by atomic mass is 35.5. The molecule has 0 amide bonds. The zero-order chi connectivity index (χ0) is 15.9. The number of benzene rings is 2. The Morgan fingerprint density at radius 2 is 1.95 bits per heavy atom. The fourth-order valence-corrected chi connectivity index (χ4v) is 2.11. The smallest absolute Gasteiger partial charge is 0.187 e. The molecule has 114 valence electrons. The van der Waals surface area contributed by atoms with E-state index in [1.165, 1.54) is 6.08 Å². The second-order valence-electron chi connectivity index (χ2n) is 4.76. The SMILES string of the molecule is CCOc1ccc(C(=O)/C=C/Nc2cc(Cl)ccc2C)cc1. The highest BCUT2D eigenvalue weighted by molar-refractivity contribution is 6.30. The third kappa shape index (κ3) is 4.37. The Kier molecular flexibility index (Phi) is 5.61. The van der Waals surface area contributed by atoms with E-state index in [2.05, 4.69) is 5.32 Å². The monoisotopic (exact) mass is 315 g/mol. The summed E-state index contributed by atoms with van der Waals surface area (Å²) in [7, 11) is 0. The summed E-state index contributed by atoms with van der Waals surface area (Å²) in [5.41, 5.74) is 2.55. The number of hydrogen-bond acceptors (Lipinski definition) is 3. The number of rotatable bonds is 6. The van der Waals surface area contributed by atoms with Crippen molar-refractivity contribution in [2.45, 2.75) is 13.8 Å². The van der Waals surface area contributed by atoms with E-state index in [-0.39, 0.29) is 5.78 Å². The minimum atomic E-state index is -0.0739. The largest absolute Gasteiger partial charge is 0.494 e. The van der Waals surface area contributed by atoms with Gasteiger partial charge >= 0.3 is 0 Å². The molecule has 3 nitrogen and oxygen atoms in total. The number of halogens is 1. The Balaban J connectivity index is 2.00. The van der Waals surface area contributed by atoms with Gasteiger partial charge in [-0.2, -0.15) is 0 Å². The van der Waals surface area contributed by atoms with Gasteiger partial charge in [-0.3, -0.25) is 4.79 Å². The fourth-order valence-electron chi connectivity index (χ4n) is 1.94. The zero-order valence-electron chi connectivity index (χ0n) is 12.6.